The first-order valence-corrected chi connectivity index (χ1v) is 8.73. The molecule has 0 bridgehead atoms. The first-order chi connectivity index (χ1) is 11.5. The zero-order chi connectivity index (χ0) is 17.5. The molecule has 3 N–H and O–H groups in total. The third-order valence-electron chi connectivity index (χ3n) is 3.68. The number of nitrogens with one attached hydrogen (secondary N) is 2. The molecular weight excluding hydrogens is 324 g/mol. The minimum atomic E-state index is -0.689. The van der Waals surface area contributed by atoms with Crippen LogP contribution in [0, 0.1) is 12.8 Å². The number of aryl methyl sites for hydroxylation is 1. The van der Waals surface area contributed by atoms with Crippen LogP contribution in [0.2, 0.25) is 0 Å². The maximum Gasteiger partial charge on any atom is 0.313 e. The number of hydrogen-bond donors (Lipinski definition) is 3. The molecule has 5 nitrogen and oxygen atoms in total. The van der Waals surface area contributed by atoms with Gasteiger partial charge in [-0.2, -0.15) is 0 Å². The van der Waals surface area contributed by atoms with E-state index < -0.39 is 11.8 Å². The van der Waals surface area contributed by atoms with E-state index in [1.54, 1.807) is 17.4 Å². The standard InChI is InChI=1S/C18H22N2O3S/c1-12(6-8-21)11-19-17(22)18(23)20-15-5-3-4-14(10-15)16-13(2)7-9-24-16/h3-5,7,9-10,12,21H,6,8,11H2,1-2H3,(H,19,22)(H,20,23). The lowest BCUT2D eigenvalue weighted by Gasteiger charge is -2.11. The number of thiophene rings is 1. The lowest BCUT2D eigenvalue weighted by atomic mass is 10.1. The van der Waals surface area contributed by atoms with Crippen molar-refractivity contribution < 1.29 is 14.7 Å². The molecule has 6 heteroatoms. The summed E-state index contributed by atoms with van der Waals surface area (Å²) >= 11 is 1.64. The van der Waals surface area contributed by atoms with Crippen molar-refractivity contribution in [1.82, 2.24) is 5.32 Å². The molecule has 1 unspecified atom stereocenters. The number of carbonyl (C=O) groups is 2. The molecular formula is C18H22N2O3S. The summed E-state index contributed by atoms with van der Waals surface area (Å²) in [5.74, 6) is -1.24. The summed E-state index contributed by atoms with van der Waals surface area (Å²) < 4.78 is 0. The van der Waals surface area contributed by atoms with Gasteiger partial charge in [0, 0.05) is 23.7 Å². The molecule has 2 rings (SSSR count). The van der Waals surface area contributed by atoms with Gasteiger partial charge in [0.1, 0.15) is 0 Å². The molecule has 0 aliphatic heterocycles. The minimum absolute atomic E-state index is 0.0676. The summed E-state index contributed by atoms with van der Waals surface area (Å²) in [6.07, 6.45) is 0.587. The third kappa shape index (κ3) is 4.91. The van der Waals surface area contributed by atoms with Gasteiger partial charge >= 0.3 is 11.8 Å². The zero-order valence-corrected chi connectivity index (χ0v) is 14.7. The number of anilines is 1. The molecule has 0 saturated heterocycles. The molecule has 0 aliphatic carbocycles. The van der Waals surface area contributed by atoms with Crippen molar-refractivity contribution in [3.63, 3.8) is 0 Å². The second-order valence-electron chi connectivity index (χ2n) is 5.80. The van der Waals surface area contributed by atoms with Gasteiger partial charge < -0.3 is 15.7 Å². The number of carbonyl (C=O) groups excluding carboxylic acids is 2. The Morgan fingerprint density at radius 2 is 2.04 bits per heavy atom. The summed E-state index contributed by atoms with van der Waals surface area (Å²) in [6, 6.07) is 9.49. The summed E-state index contributed by atoms with van der Waals surface area (Å²) in [5, 5.41) is 16.1. The molecule has 128 valence electrons. The van der Waals surface area contributed by atoms with Gasteiger partial charge in [0.05, 0.1) is 0 Å². The predicted molar refractivity (Wildman–Crippen MR) is 97.0 cm³/mol. The number of rotatable bonds is 6. The Kier molecular flexibility index (Phi) is 6.52. The van der Waals surface area contributed by atoms with Gasteiger partial charge in [-0.1, -0.05) is 19.1 Å². The van der Waals surface area contributed by atoms with Crippen molar-refractivity contribution in [2.75, 3.05) is 18.5 Å². The Hall–Kier alpha value is -2.18. The van der Waals surface area contributed by atoms with Gasteiger partial charge in [0.2, 0.25) is 0 Å². The van der Waals surface area contributed by atoms with Crippen LogP contribution in [0.5, 0.6) is 0 Å². The maximum absolute atomic E-state index is 12.0. The highest BCUT2D eigenvalue weighted by Crippen LogP contribution is 2.30. The number of aliphatic hydroxyl groups is 1. The van der Waals surface area contributed by atoms with E-state index in [-0.39, 0.29) is 12.5 Å². The van der Waals surface area contributed by atoms with Crippen LogP contribution in [-0.4, -0.2) is 30.1 Å². The molecule has 2 amide bonds. The van der Waals surface area contributed by atoms with Gasteiger partial charge in [-0.05, 0) is 54.0 Å². The van der Waals surface area contributed by atoms with E-state index in [0.717, 1.165) is 10.4 Å². The van der Waals surface area contributed by atoms with Crippen molar-refractivity contribution >= 4 is 28.8 Å². The Balaban J connectivity index is 1.97. The van der Waals surface area contributed by atoms with E-state index in [2.05, 4.69) is 10.6 Å². The Labute approximate surface area is 145 Å². The Morgan fingerprint density at radius 1 is 1.25 bits per heavy atom. The van der Waals surface area contributed by atoms with Gasteiger partial charge in [0.25, 0.3) is 0 Å². The lowest BCUT2D eigenvalue weighted by molar-refractivity contribution is -0.136. The molecule has 24 heavy (non-hydrogen) atoms. The highest BCUT2D eigenvalue weighted by Gasteiger charge is 2.15. The Bertz CT molecular complexity index is 712. The fraction of sp³-hybridized carbons (Fsp3) is 0.333. The molecule has 1 aromatic carbocycles. The predicted octanol–water partition coefficient (Wildman–Crippen LogP) is 2.80. The minimum Gasteiger partial charge on any atom is -0.396 e. The Morgan fingerprint density at radius 3 is 2.71 bits per heavy atom. The summed E-state index contributed by atoms with van der Waals surface area (Å²) in [5.41, 5.74) is 2.78. The van der Waals surface area contributed by atoms with Gasteiger partial charge in [0.15, 0.2) is 0 Å². The van der Waals surface area contributed by atoms with E-state index in [1.807, 2.05) is 43.5 Å². The van der Waals surface area contributed by atoms with Crippen LogP contribution in [0.25, 0.3) is 10.4 Å². The molecule has 1 aromatic heterocycles. The average Bonchev–Trinajstić information content (AvgIpc) is 2.99. The highest BCUT2D eigenvalue weighted by atomic mass is 32.1. The van der Waals surface area contributed by atoms with E-state index in [4.69, 9.17) is 5.11 Å². The molecule has 0 saturated carbocycles. The van der Waals surface area contributed by atoms with Crippen molar-refractivity contribution in [1.29, 1.82) is 0 Å². The number of amides is 2. The first kappa shape index (κ1) is 18.2. The van der Waals surface area contributed by atoms with E-state index in [1.165, 1.54) is 5.56 Å². The van der Waals surface area contributed by atoms with E-state index >= 15 is 0 Å². The van der Waals surface area contributed by atoms with Crippen LogP contribution in [-0.2, 0) is 9.59 Å². The van der Waals surface area contributed by atoms with E-state index in [0.29, 0.717) is 18.7 Å². The lowest BCUT2D eigenvalue weighted by Crippen LogP contribution is -2.37. The fourth-order valence-corrected chi connectivity index (χ4v) is 3.19. The van der Waals surface area contributed by atoms with Crippen LogP contribution < -0.4 is 10.6 Å². The number of aliphatic hydroxyl groups excluding tert-OH is 1. The topological polar surface area (TPSA) is 78.4 Å². The molecule has 0 fully saturated rings. The SMILES string of the molecule is Cc1ccsc1-c1cccc(NC(=O)C(=O)NCC(C)CCO)c1. The van der Waals surface area contributed by atoms with Crippen LogP contribution >= 0.6 is 11.3 Å². The average molecular weight is 346 g/mol. The molecule has 1 atom stereocenters. The number of benzene rings is 1. The molecule has 1 heterocycles. The van der Waals surface area contributed by atoms with Crippen LogP contribution in [0.15, 0.2) is 35.7 Å². The fourth-order valence-electron chi connectivity index (χ4n) is 2.26. The largest absolute Gasteiger partial charge is 0.396 e. The summed E-state index contributed by atoms with van der Waals surface area (Å²) in [6.45, 7) is 4.37. The second-order valence-corrected chi connectivity index (χ2v) is 6.71. The molecule has 2 aromatic rings. The van der Waals surface area contributed by atoms with Crippen molar-refractivity contribution in [2.45, 2.75) is 20.3 Å². The zero-order valence-electron chi connectivity index (χ0n) is 13.8. The highest BCUT2D eigenvalue weighted by molar-refractivity contribution is 7.13. The normalized spacial score (nSPS) is 11.8. The van der Waals surface area contributed by atoms with Gasteiger partial charge in [-0.3, -0.25) is 9.59 Å². The monoisotopic (exact) mass is 346 g/mol. The van der Waals surface area contributed by atoms with Crippen molar-refractivity contribution in [2.24, 2.45) is 5.92 Å². The summed E-state index contributed by atoms with van der Waals surface area (Å²) in [4.78, 5) is 25.0. The van der Waals surface area contributed by atoms with Crippen LogP contribution in [0.1, 0.15) is 18.9 Å². The van der Waals surface area contributed by atoms with Crippen molar-refractivity contribution in [3.8, 4) is 10.4 Å². The quantitative estimate of drug-likeness (QED) is 0.704. The van der Waals surface area contributed by atoms with Gasteiger partial charge in [-0.25, -0.2) is 0 Å². The molecule has 0 spiro atoms. The van der Waals surface area contributed by atoms with E-state index in [9.17, 15) is 9.59 Å². The molecule has 0 radical (unpaired) electrons. The number of hydrogen-bond acceptors (Lipinski definition) is 4. The summed E-state index contributed by atoms with van der Waals surface area (Å²) in [7, 11) is 0. The van der Waals surface area contributed by atoms with Crippen molar-refractivity contribution in [3.05, 3.63) is 41.3 Å². The second kappa shape index (κ2) is 8.61. The first-order valence-electron chi connectivity index (χ1n) is 7.86. The maximum atomic E-state index is 12.0. The third-order valence-corrected chi connectivity index (χ3v) is 4.75. The molecule has 0 aliphatic rings. The van der Waals surface area contributed by atoms with Gasteiger partial charge in [-0.15, -0.1) is 11.3 Å². The smallest absolute Gasteiger partial charge is 0.313 e. The van der Waals surface area contributed by atoms with Crippen LogP contribution in [0.4, 0.5) is 5.69 Å². The van der Waals surface area contributed by atoms with Crippen LogP contribution in [0.3, 0.4) is 0 Å².